The van der Waals surface area contributed by atoms with Crippen molar-refractivity contribution in [3.63, 3.8) is 0 Å². The van der Waals surface area contributed by atoms with Gasteiger partial charge in [-0.1, -0.05) is 36.4 Å². The van der Waals surface area contributed by atoms with Crippen LogP contribution in [0.2, 0.25) is 0 Å². The first-order valence-corrected chi connectivity index (χ1v) is 8.10. The van der Waals surface area contributed by atoms with Gasteiger partial charge in [0.25, 0.3) is 0 Å². The molecular formula is C19H21N3O2. The van der Waals surface area contributed by atoms with Crippen molar-refractivity contribution in [3.8, 4) is 0 Å². The summed E-state index contributed by atoms with van der Waals surface area (Å²) in [7, 11) is 0. The summed E-state index contributed by atoms with van der Waals surface area (Å²) in [6.07, 6.45) is 5.16. The van der Waals surface area contributed by atoms with Gasteiger partial charge in [0, 0.05) is 31.9 Å². The largest absolute Gasteiger partial charge is 0.378 e. The van der Waals surface area contributed by atoms with E-state index in [1.54, 1.807) is 12.2 Å². The Bertz CT molecular complexity index is 678. The van der Waals surface area contributed by atoms with Gasteiger partial charge in [0.05, 0.1) is 13.2 Å². The van der Waals surface area contributed by atoms with Crippen LogP contribution in [0.25, 0.3) is 6.08 Å². The fraction of sp³-hybridized carbons (Fsp3) is 0.263. The minimum atomic E-state index is -0.115. The predicted molar refractivity (Wildman–Crippen MR) is 94.6 cm³/mol. The number of hydrogen-bond donors (Lipinski definition) is 1. The fourth-order valence-corrected chi connectivity index (χ4v) is 2.48. The zero-order chi connectivity index (χ0) is 16.6. The van der Waals surface area contributed by atoms with E-state index in [2.05, 4.69) is 15.2 Å². The third-order valence-corrected chi connectivity index (χ3v) is 3.84. The second-order valence-electron chi connectivity index (χ2n) is 5.59. The molecule has 0 bridgehead atoms. The van der Waals surface area contributed by atoms with Crippen LogP contribution in [0, 0.1) is 0 Å². The molecule has 1 N–H and O–H groups in total. The molecule has 1 aromatic heterocycles. The van der Waals surface area contributed by atoms with E-state index in [0.29, 0.717) is 6.54 Å². The van der Waals surface area contributed by atoms with Gasteiger partial charge < -0.3 is 15.0 Å². The van der Waals surface area contributed by atoms with E-state index >= 15 is 0 Å². The number of carbonyl (C=O) groups excluding carboxylic acids is 1. The molecular weight excluding hydrogens is 302 g/mol. The van der Waals surface area contributed by atoms with Crippen molar-refractivity contribution >= 4 is 17.8 Å². The molecule has 0 unspecified atom stereocenters. The van der Waals surface area contributed by atoms with Crippen LogP contribution in [0.1, 0.15) is 11.1 Å². The molecule has 1 amide bonds. The first-order chi connectivity index (χ1) is 11.8. The molecule has 1 saturated heterocycles. The molecule has 2 heterocycles. The lowest BCUT2D eigenvalue weighted by atomic mass is 10.2. The minimum Gasteiger partial charge on any atom is -0.378 e. The van der Waals surface area contributed by atoms with E-state index in [1.807, 2.05) is 48.7 Å². The summed E-state index contributed by atoms with van der Waals surface area (Å²) >= 11 is 0. The molecule has 124 valence electrons. The highest BCUT2D eigenvalue weighted by Gasteiger charge is 2.11. The van der Waals surface area contributed by atoms with Gasteiger partial charge in [0.15, 0.2) is 0 Å². The number of aromatic nitrogens is 1. The van der Waals surface area contributed by atoms with Crippen LogP contribution in [0.15, 0.2) is 54.7 Å². The fourth-order valence-electron chi connectivity index (χ4n) is 2.48. The quantitative estimate of drug-likeness (QED) is 0.858. The van der Waals surface area contributed by atoms with Gasteiger partial charge in [-0.05, 0) is 23.3 Å². The third-order valence-electron chi connectivity index (χ3n) is 3.84. The van der Waals surface area contributed by atoms with Crippen LogP contribution in [-0.2, 0) is 16.1 Å². The van der Waals surface area contributed by atoms with Gasteiger partial charge in [0.1, 0.15) is 5.82 Å². The lowest BCUT2D eigenvalue weighted by Gasteiger charge is -2.27. The van der Waals surface area contributed by atoms with Crippen molar-refractivity contribution in [2.45, 2.75) is 6.54 Å². The van der Waals surface area contributed by atoms with Gasteiger partial charge in [-0.3, -0.25) is 4.79 Å². The van der Waals surface area contributed by atoms with Crippen molar-refractivity contribution in [1.29, 1.82) is 0 Å². The number of rotatable bonds is 5. The molecule has 5 nitrogen and oxygen atoms in total. The molecule has 3 rings (SSSR count). The molecule has 2 aromatic rings. The number of hydrogen-bond acceptors (Lipinski definition) is 4. The maximum absolute atomic E-state index is 11.9. The Balaban J connectivity index is 1.49. The summed E-state index contributed by atoms with van der Waals surface area (Å²) < 4.78 is 5.34. The number of morpholine rings is 1. The molecule has 24 heavy (non-hydrogen) atoms. The Kier molecular flexibility index (Phi) is 5.58. The number of benzene rings is 1. The van der Waals surface area contributed by atoms with Crippen LogP contribution in [-0.4, -0.2) is 37.2 Å². The molecule has 0 saturated carbocycles. The van der Waals surface area contributed by atoms with Crippen molar-refractivity contribution < 1.29 is 9.53 Å². The molecule has 1 aliphatic heterocycles. The Morgan fingerprint density at radius 2 is 1.96 bits per heavy atom. The summed E-state index contributed by atoms with van der Waals surface area (Å²) in [6, 6.07) is 13.7. The van der Waals surface area contributed by atoms with Crippen molar-refractivity contribution in [1.82, 2.24) is 10.3 Å². The number of ether oxygens (including phenoxy) is 1. The molecule has 5 heteroatoms. The van der Waals surface area contributed by atoms with Gasteiger partial charge in [0.2, 0.25) is 5.91 Å². The first-order valence-electron chi connectivity index (χ1n) is 8.10. The third kappa shape index (κ3) is 4.67. The standard InChI is InChI=1S/C19H21N3O2/c23-19(9-7-16-4-2-1-3-5-16)21-15-17-6-8-18(20-14-17)22-10-12-24-13-11-22/h1-9,14H,10-13,15H2,(H,21,23)/b9-7+. The summed E-state index contributed by atoms with van der Waals surface area (Å²) in [6.45, 7) is 3.69. The number of amides is 1. The number of pyridine rings is 1. The van der Waals surface area contributed by atoms with Crippen molar-refractivity contribution in [2.75, 3.05) is 31.2 Å². The zero-order valence-corrected chi connectivity index (χ0v) is 13.5. The summed E-state index contributed by atoms with van der Waals surface area (Å²) in [4.78, 5) is 18.5. The summed E-state index contributed by atoms with van der Waals surface area (Å²) in [5, 5.41) is 2.87. The smallest absolute Gasteiger partial charge is 0.244 e. The van der Waals surface area contributed by atoms with E-state index in [-0.39, 0.29) is 5.91 Å². The number of anilines is 1. The van der Waals surface area contributed by atoms with E-state index in [9.17, 15) is 4.79 Å². The van der Waals surface area contributed by atoms with Crippen LogP contribution < -0.4 is 10.2 Å². The van der Waals surface area contributed by atoms with Crippen LogP contribution in [0.4, 0.5) is 5.82 Å². The van der Waals surface area contributed by atoms with E-state index in [1.165, 1.54) is 0 Å². The maximum Gasteiger partial charge on any atom is 0.244 e. The molecule has 1 aliphatic rings. The van der Waals surface area contributed by atoms with Crippen LogP contribution >= 0.6 is 0 Å². The average molecular weight is 323 g/mol. The molecule has 1 aromatic carbocycles. The van der Waals surface area contributed by atoms with Gasteiger partial charge in [-0.2, -0.15) is 0 Å². The van der Waals surface area contributed by atoms with Gasteiger partial charge >= 0.3 is 0 Å². The van der Waals surface area contributed by atoms with Crippen LogP contribution in [0.3, 0.4) is 0 Å². The van der Waals surface area contributed by atoms with E-state index in [0.717, 1.165) is 43.2 Å². The molecule has 0 spiro atoms. The van der Waals surface area contributed by atoms with E-state index in [4.69, 9.17) is 4.74 Å². The Morgan fingerprint density at radius 1 is 1.17 bits per heavy atom. The Morgan fingerprint density at radius 3 is 2.67 bits per heavy atom. The van der Waals surface area contributed by atoms with Crippen molar-refractivity contribution in [2.24, 2.45) is 0 Å². The number of nitrogens with one attached hydrogen (secondary N) is 1. The summed E-state index contributed by atoms with van der Waals surface area (Å²) in [5.74, 6) is 0.841. The predicted octanol–water partition coefficient (Wildman–Crippen LogP) is 2.25. The zero-order valence-electron chi connectivity index (χ0n) is 13.5. The van der Waals surface area contributed by atoms with E-state index < -0.39 is 0 Å². The highest BCUT2D eigenvalue weighted by atomic mass is 16.5. The van der Waals surface area contributed by atoms with Crippen molar-refractivity contribution in [3.05, 3.63) is 65.9 Å². The molecule has 0 atom stereocenters. The first kappa shape index (κ1) is 16.2. The lowest BCUT2D eigenvalue weighted by Crippen LogP contribution is -2.36. The maximum atomic E-state index is 11.9. The Hall–Kier alpha value is -2.66. The SMILES string of the molecule is O=C(/C=C/c1ccccc1)NCc1ccc(N2CCOCC2)nc1. The minimum absolute atomic E-state index is 0.115. The van der Waals surface area contributed by atoms with Crippen LogP contribution in [0.5, 0.6) is 0 Å². The normalized spacial score (nSPS) is 14.8. The monoisotopic (exact) mass is 323 g/mol. The highest BCUT2D eigenvalue weighted by molar-refractivity contribution is 5.91. The summed E-state index contributed by atoms with van der Waals surface area (Å²) in [5.41, 5.74) is 1.98. The number of carbonyl (C=O) groups is 1. The van der Waals surface area contributed by atoms with Gasteiger partial charge in [-0.15, -0.1) is 0 Å². The lowest BCUT2D eigenvalue weighted by molar-refractivity contribution is -0.116. The second-order valence-corrected chi connectivity index (χ2v) is 5.59. The Labute approximate surface area is 142 Å². The molecule has 0 radical (unpaired) electrons. The highest BCUT2D eigenvalue weighted by Crippen LogP contribution is 2.13. The second kappa shape index (κ2) is 8.26. The molecule has 0 aliphatic carbocycles. The average Bonchev–Trinajstić information content (AvgIpc) is 2.67. The van der Waals surface area contributed by atoms with Gasteiger partial charge in [-0.25, -0.2) is 4.98 Å². The number of nitrogens with zero attached hydrogens (tertiary/aromatic N) is 2. The topological polar surface area (TPSA) is 54.5 Å². The molecule has 1 fully saturated rings.